The second-order valence-electron chi connectivity index (χ2n) is 8.36. The van der Waals surface area contributed by atoms with Gasteiger partial charge in [0.1, 0.15) is 48.9 Å². The summed E-state index contributed by atoms with van der Waals surface area (Å²) < 4.78 is 30.5. The molecule has 0 spiro atoms. The Labute approximate surface area is 185 Å². The summed E-state index contributed by atoms with van der Waals surface area (Å²) in [6.07, 6.45) is -0.627. The first-order valence-electron chi connectivity index (χ1n) is 10.6. The molecule has 0 bridgehead atoms. The van der Waals surface area contributed by atoms with Gasteiger partial charge in [0.25, 0.3) is 0 Å². The molecule has 172 valence electrons. The van der Waals surface area contributed by atoms with Crippen LogP contribution in [-0.2, 0) is 23.7 Å². The van der Waals surface area contributed by atoms with E-state index in [4.69, 9.17) is 29.4 Å². The third-order valence-electron chi connectivity index (χ3n) is 5.79. The largest absolute Gasteiger partial charge is 0.508 e. The number of ether oxygens (including phenoxy) is 5. The molecule has 2 N–H and O–H groups in total. The lowest BCUT2D eigenvalue weighted by Gasteiger charge is -2.28. The number of hydrogen-bond donors (Lipinski definition) is 1. The van der Waals surface area contributed by atoms with E-state index in [0.717, 1.165) is 0 Å². The third kappa shape index (κ3) is 3.74. The lowest BCUT2D eigenvalue weighted by atomic mass is 9.96. The molecule has 0 amide bonds. The van der Waals surface area contributed by atoms with E-state index in [1.165, 1.54) is 6.33 Å². The summed E-state index contributed by atoms with van der Waals surface area (Å²) in [5.74, 6) is -0.653. The third-order valence-corrected chi connectivity index (χ3v) is 5.79. The molecule has 2 aliphatic heterocycles. The summed E-state index contributed by atoms with van der Waals surface area (Å²) in [5, 5.41) is 14.4. The van der Waals surface area contributed by atoms with E-state index < -0.39 is 35.9 Å². The fourth-order valence-electron chi connectivity index (χ4n) is 4.18. The van der Waals surface area contributed by atoms with Crippen molar-refractivity contribution in [3.05, 3.63) is 24.2 Å². The molecule has 4 heterocycles. The van der Waals surface area contributed by atoms with E-state index in [9.17, 15) is 10.1 Å². The lowest BCUT2D eigenvalue weighted by molar-refractivity contribution is -0.206. The summed E-state index contributed by atoms with van der Waals surface area (Å²) >= 11 is 0. The molecule has 2 fully saturated rings. The quantitative estimate of drug-likeness (QED) is 0.659. The number of carbonyl (C=O) groups is 1. The molecule has 32 heavy (non-hydrogen) atoms. The van der Waals surface area contributed by atoms with Crippen molar-refractivity contribution < 1.29 is 28.5 Å². The Morgan fingerprint density at radius 2 is 2.06 bits per heavy atom. The maximum Gasteiger partial charge on any atom is 0.508 e. The number of nitriles is 1. The summed E-state index contributed by atoms with van der Waals surface area (Å²) in [6, 6.07) is 5.70. The predicted molar refractivity (Wildman–Crippen MR) is 110 cm³/mol. The molecular weight excluding hydrogens is 418 g/mol. The van der Waals surface area contributed by atoms with Crippen LogP contribution in [0.2, 0.25) is 0 Å². The Bertz CT molecular complexity index is 1040. The number of rotatable bonds is 6. The Hall–Kier alpha value is -2.94. The molecule has 0 aromatic carbocycles. The highest BCUT2D eigenvalue weighted by molar-refractivity contribution is 5.65. The van der Waals surface area contributed by atoms with Crippen LogP contribution >= 0.6 is 0 Å². The maximum absolute atomic E-state index is 12.2. The fourth-order valence-corrected chi connectivity index (χ4v) is 4.18. The molecule has 0 aliphatic carbocycles. The molecule has 0 radical (unpaired) electrons. The first kappa shape index (κ1) is 22.3. The monoisotopic (exact) mass is 445 g/mol. The number of nitrogen functional groups attached to an aromatic ring is 1. The van der Waals surface area contributed by atoms with Gasteiger partial charge in [0.2, 0.25) is 5.60 Å². The van der Waals surface area contributed by atoms with Crippen LogP contribution in [0.1, 0.15) is 52.3 Å². The maximum atomic E-state index is 12.2. The summed E-state index contributed by atoms with van der Waals surface area (Å²) in [5.41, 5.74) is 5.56. The summed E-state index contributed by atoms with van der Waals surface area (Å²) in [4.78, 5) is 16.2. The number of nitrogens with zero attached hydrogens (tertiary/aromatic N) is 4. The average Bonchev–Trinajstić information content (AvgIpc) is 3.41. The van der Waals surface area contributed by atoms with Crippen molar-refractivity contribution in [2.75, 3.05) is 12.3 Å². The molecule has 2 unspecified atom stereocenters. The van der Waals surface area contributed by atoms with E-state index in [1.54, 1.807) is 30.5 Å². The smallest absolute Gasteiger partial charge is 0.431 e. The molecular formula is C21H27N5O6. The zero-order valence-electron chi connectivity index (χ0n) is 18.5. The predicted octanol–water partition coefficient (Wildman–Crippen LogP) is 2.51. The Morgan fingerprint density at radius 1 is 1.31 bits per heavy atom. The van der Waals surface area contributed by atoms with E-state index in [-0.39, 0.29) is 12.7 Å². The second-order valence-corrected chi connectivity index (χ2v) is 8.36. The van der Waals surface area contributed by atoms with Crippen molar-refractivity contribution in [1.82, 2.24) is 14.6 Å². The van der Waals surface area contributed by atoms with Gasteiger partial charge in [-0.15, -0.1) is 0 Å². The van der Waals surface area contributed by atoms with E-state index >= 15 is 0 Å². The van der Waals surface area contributed by atoms with Gasteiger partial charge >= 0.3 is 6.16 Å². The SMILES string of the molecule is CCC(CC)OC(=O)OC[C@@]1(C#N)O[C@@H](c2ccc3c(N)ncnn23)C2OC(C)(C)OC21. The van der Waals surface area contributed by atoms with Crippen molar-refractivity contribution in [3.63, 3.8) is 0 Å². The van der Waals surface area contributed by atoms with Gasteiger partial charge < -0.3 is 29.4 Å². The minimum absolute atomic E-state index is 0.257. The minimum atomic E-state index is -1.60. The highest BCUT2D eigenvalue weighted by atomic mass is 16.8. The Balaban J connectivity index is 1.63. The van der Waals surface area contributed by atoms with Crippen molar-refractivity contribution in [3.8, 4) is 6.07 Å². The Kier molecular flexibility index (Phi) is 5.70. The fraction of sp³-hybridized carbons (Fsp3) is 0.619. The first-order valence-corrected chi connectivity index (χ1v) is 10.6. The molecule has 2 aliphatic rings. The van der Waals surface area contributed by atoms with Crippen molar-refractivity contribution in [2.45, 2.75) is 76.3 Å². The number of nitrogens with two attached hydrogens (primary N) is 1. The number of aromatic nitrogens is 3. The van der Waals surface area contributed by atoms with Crippen molar-refractivity contribution >= 4 is 17.5 Å². The van der Waals surface area contributed by atoms with Gasteiger partial charge in [-0.3, -0.25) is 0 Å². The van der Waals surface area contributed by atoms with Crippen LogP contribution in [0.5, 0.6) is 0 Å². The van der Waals surface area contributed by atoms with Crippen LogP contribution in [0.25, 0.3) is 5.52 Å². The topological polar surface area (TPSA) is 143 Å². The van der Waals surface area contributed by atoms with E-state index in [0.29, 0.717) is 29.9 Å². The number of anilines is 1. The van der Waals surface area contributed by atoms with Gasteiger partial charge in [-0.2, -0.15) is 10.4 Å². The molecule has 2 saturated heterocycles. The van der Waals surface area contributed by atoms with Crippen LogP contribution < -0.4 is 5.73 Å². The van der Waals surface area contributed by atoms with Gasteiger partial charge in [-0.1, -0.05) is 13.8 Å². The highest BCUT2D eigenvalue weighted by Crippen LogP contribution is 2.50. The van der Waals surface area contributed by atoms with Crippen molar-refractivity contribution in [1.29, 1.82) is 5.26 Å². The van der Waals surface area contributed by atoms with Gasteiger partial charge in [-0.25, -0.2) is 14.3 Å². The molecule has 11 nitrogen and oxygen atoms in total. The zero-order chi connectivity index (χ0) is 23.1. The van der Waals surface area contributed by atoms with Crippen molar-refractivity contribution in [2.24, 2.45) is 0 Å². The van der Waals surface area contributed by atoms with Crippen LogP contribution in [0.4, 0.5) is 10.6 Å². The van der Waals surface area contributed by atoms with Gasteiger partial charge in [0, 0.05) is 0 Å². The standard InChI is InChI=1S/C21H27N5O6/c1-5-12(6-2)29-19(27)28-10-21(9-22)17-16(30-20(3,4)32-17)15(31-21)13-7-8-14-18(23)24-11-25-26(13)14/h7-8,11-12,15-17H,5-6,10H2,1-4H3,(H2,23,24,25)/t15-,16?,17?,21+/m0/s1. The van der Waals surface area contributed by atoms with E-state index in [2.05, 4.69) is 16.2 Å². The number of hydrogen-bond acceptors (Lipinski definition) is 10. The van der Waals surface area contributed by atoms with E-state index in [1.807, 2.05) is 13.8 Å². The number of fused-ring (bicyclic) bond motifs is 2. The minimum Gasteiger partial charge on any atom is -0.431 e. The normalized spacial score (nSPS) is 28.6. The molecule has 11 heteroatoms. The molecule has 0 saturated carbocycles. The first-order chi connectivity index (χ1) is 15.2. The van der Waals surface area contributed by atoms with Crippen LogP contribution in [0, 0.1) is 11.3 Å². The van der Waals surface area contributed by atoms with Gasteiger partial charge in [0.05, 0.1) is 5.69 Å². The van der Waals surface area contributed by atoms with Crippen LogP contribution in [0.3, 0.4) is 0 Å². The highest BCUT2D eigenvalue weighted by Gasteiger charge is 2.65. The molecule has 2 aromatic rings. The second kappa shape index (κ2) is 8.20. The van der Waals surface area contributed by atoms with Crippen LogP contribution in [0.15, 0.2) is 18.5 Å². The lowest BCUT2D eigenvalue weighted by Crippen LogP contribution is -2.46. The van der Waals surface area contributed by atoms with Gasteiger partial charge in [0.15, 0.2) is 11.6 Å². The Morgan fingerprint density at radius 3 is 2.75 bits per heavy atom. The zero-order valence-corrected chi connectivity index (χ0v) is 18.5. The van der Waals surface area contributed by atoms with Crippen LogP contribution in [-0.4, -0.2) is 57.1 Å². The number of carbonyl (C=O) groups excluding carboxylic acids is 1. The average molecular weight is 445 g/mol. The molecule has 4 rings (SSSR count). The van der Waals surface area contributed by atoms with Gasteiger partial charge in [-0.05, 0) is 38.8 Å². The molecule has 4 atom stereocenters. The summed E-state index contributed by atoms with van der Waals surface area (Å²) in [6.45, 7) is 6.96. The summed E-state index contributed by atoms with van der Waals surface area (Å²) in [7, 11) is 0. The molecule has 2 aromatic heterocycles.